The highest BCUT2D eigenvalue weighted by molar-refractivity contribution is 5.48. The number of hydrogen-bond acceptors (Lipinski definition) is 2. The third-order valence-electron chi connectivity index (χ3n) is 5.48. The molecule has 0 radical (unpaired) electrons. The molecule has 0 amide bonds. The molecule has 2 heteroatoms. The van der Waals surface area contributed by atoms with Gasteiger partial charge in [-0.1, -0.05) is 66.2 Å². The van der Waals surface area contributed by atoms with Crippen LogP contribution in [0.25, 0.3) is 0 Å². The van der Waals surface area contributed by atoms with Crippen LogP contribution in [-0.2, 0) is 0 Å². The Kier molecular flexibility index (Phi) is 10.8. The highest BCUT2D eigenvalue weighted by atomic mass is 15.1. The van der Waals surface area contributed by atoms with E-state index in [4.69, 9.17) is 0 Å². The normalized spacial score (nSPS) is 13.7. The zero-order valence-electron chi connectivity index (χ0n) is 17.8. The van der Waals surface area contributed by atoms with E-state index in [1.165, 1.54) is 70.1 Å². The second-order valence-electron chi connectivity index (χ2n) is 7.85. The van der Waals surface area contributed by atoms with Crippen LogP contribution in [0.15, 0.2) is 12.1 Å². The monoisotopic (exact) mass is 346 g/mol. The van der Waals surface area contributed by atoms with Crippen molar-refractivity contribution in [3.05, 3.63) is 23.5 Å². The first-order chi connectivity index (χ1) is 12.0. The minimum absolute atomic E-state index is 0.803. The molecular weight excluding hydrogens is 304 g/mol. The van der Waals surface area contributed by atoms with E-state index in [2.05, 4.69) is 63.6 Å². The zero-order valence-corrected chi connectivity index (χ0v) is 17.8. The first-order valence-corrected chi connectivity index (χ1v) is 10.7. The van der Waals surface area contributed by atoms with E-state index in [1.54, 1.807) is 0 Å². The first kappa shape index (κ1) is 22.0. The number of unbranched alkanes of at least 4 members (excludes halogenated alkanes) is 2. The Hall–Kier alpha value is -1.05. The smallest absolute Gasteiger partial charge is 0.0402 e. The molecule has 0 bridgehead atoms. The highest BCUT2D eigenvalue weighted by Crippen LogP contribution is 2.25. The molecule has 1 aromatic heterocycles. The molecule has 0 saturated heterocycles. The largest absolute Gasteiger partial charge is 0.371 e. The average Bonchev–Trinajstić information content (AvgIpc) is 2.59. The summed E-state index contributed by atoms with van der Waals surface area (Å²) >= 11 is 0. The van der Waals surface area contributed by atoms with E-state index < -0.39 is 0 Å². The number of aryl methyl sites for hydroxylation is 2. The predicted octanol–water partition coefficient (Wildman–Crippen LogP) is 6.94. The molecule has 0 aromatic carbocycles. The third kappa shape index (κ3) is 8.25. The summed E-state index contributed by atoms with van der Waals surface area (Å²) in [4.78, 5) is 7.26. The van der Waals surface area contributed by atoms with E-state index >= 15 is 0 Å². The number of pyridine rings is 1. The Morgan fingerprint density at radius 2 is 1.24 bits per heavy atom. The quantitative estimate of drug-likeness (QED) is 0.384. The maximum Gasteiger partial charge on any atom is 0.0402 e. The Morgan fingerprint density at radius 3 is 1.60 bits per heavy atom. The van der Waals surface area contributed by atoms with Crippen LogP contribution in [0.2, 0.25) is 0 Å². The lowest BCUT2D eigenvalue weighted by Crippen LogP contribution is -2.34. The van der Waals surface area contributed by atoms with Crippen LogP contribution in [-0.4, -0.2) is 18.1 Å². The van der Waals surface area contributed by atoms with Crippen LogP contribution in [0.1, 0.15) is 90.4 Å². The Balaban J connectivity index is 2.95. The minimum atomic E-state index is 0.803. The van der Waals surface area contributed by atoms with E-state index in [0.717, 1.165) is 23.2 Å². The summed E-state index contributed by atoms with van der Waals surface area (Å²) in [6, 6.07) is 4.57. The lowest BCUT2D eigenvalue weighted by Gasteiger charge is -2.33. The highest BCUT2D eigenvalue weighted by Gasteiger charge is 2.18. The van der Waals surface area contributed by atoms with Gasteiger partial charge in [0.25, 0.3) is 0 Å². The van der Waals surface area contributed by atoms with Crippen molar-refractivity contribution in [2.24, 2.45) is 11.8 Å². The van der Waals surface area contributed by atoms with Gasteiger partial charge in [0.2, 0.25) is 0 Å². The van der Waals surface area contributed by atoms with Crippen molar-refractivity contribution in [2.45, 2.75) is 92.9 Å². The second-order valence-corrected chi connectivity index (χ2v) is 7.85. The summed E-state index contributed by atoms with van der Waals surface area (Å²) in [5.74, 6) is 1.61. The van der Waals surface area contributed by atoms with Crippen molar-refractivity contribution in [1.82, 2.24) is 4.98 Å². The summed E-state index contributed by atoms with van der Waals surface area (Å²) < 4.78 is 0. The third-order valence-corrected chi connectivity index (χ3v) is 5.48. The summed E-state index contributed by atoms with van der Waals surface area (Å²) in [6.45, 7) is 16.0. The number of rotatable bonds is 13. The topological polar surface area (TPSA) is 16.1 Å². The van der Waals surface area contributed by atoms with E-state index in [-0.39, 0.29) is 0 Å². The van der Waals surface area contributed by atoms with Crippen LogP contribution >= 0.6 is 0 Å². The van der Waals surface area contributed by atoms with Crippen LogP contribution in [0.3, 0.4) is 0 Å². The SMILES string of the molecule is CCCCC(CC)CN(CC(CC)CCCC)c1cc(C)nc(C)c1. The number of aromatic nitrogens is 1. The standard InChI is InChI=1S/C23H42N2/c1-7-11-13-21(9-3)17-25(18-22(10-4)14-12-8-2)23-15-19(5)24-20(6)16-23/h15-16,21-22H,7-14,17-18H2,1-6H3. The molecule has 25 heavy (non-hydrogen) atoms. The van der Waals surface area contributed by atoms with Gasteiger partial charge in [-0.05, 0) is 50.7 Å². The average molecular weight is 347 g/mol. The summed E-state index contributed by atoms with van der Waals surface area (Å²) in [5.41, 5.74) is 3.67. The van der Waals surface area contributed by atoms with Gasteiger partial charge in [-0.15, -0.1) is 0 Å². The number of nitrogens with zero attached hydrogens (tertiary/aromatic N) is 2. The van der Waals surface area contributed by atoms with Gasteiger partial charge in [0.15, 0.2) is 0 Å². The molecule has 1 heterocycles. The van der Waals surface area contributed by atoms with Gasteiger partial charge < -0.3 is 4.90 Å². The van der Waals surface area contributed by atoms with Gasteiger partial charge in [-0.3, -0.25) is 4.98 Å². The Bertz CT molecular complexity index is 431. The van der Waals surface area contributed by atoms with E-state index in [0.29, 0.717) is 0 Å². The van der Waals surface area contributed by atoms with E-state index in [1.807, 2.05) is 0 Å². The molecule has 2 nitrogen and oxygen atoms in total. The summed E-state index contributed by atoms with van der Waals surface area (Å²) in [5, 5.41) is 0. The molecule has 1 rings (SSSR count). The predicted molar refractivity (Wildman–Crippen MR) is 113 cm³/mol. The second kappa shape index (κ2) is 12.3. The van der Waals surface area contributed by atoms with Gasteiger partial charge in [0.05, 0.1) is 0 Å². The van der Waals surface area contributed by atoms with Gasteiger partial charge in [0.1, 0.15) is 0 Å². The maximum atomic E-state index is 4.59. The van der Waals surface area contributed by atoms with Crippen molar-refractivity contribution < 1.29 is 0 Å². The van der Waals surface area contributed by atoms with Gasteiger partial charge >= 0.3 is 0 Å². The molecule has 0 aliphatic heterocycles. The van der Waals surface area contributed by atoms with Crippen LogP contribution in [0.4, 0.5) is 5.69 Å². The van der Waals surface area contributed by atoms with Crippen molar-refractivity contribution in [2.75, 3.05) is 18.0 Å². The molecule has 2 atom stereocenters. The van der Waals surface area contributed by atoms with E-state index in [9.17, 15) is 0 Å². The van der Waals surface area contributed by atoms with Gasteiger partial charge in [-0.25, -0.2) is 0 Å². The number of hydrogen-bond donors (Lipinski definition) is 0. The zero-order chi connectivity index (χ0) is 18.7. The molecule has 0 aliphatic carbocycles. The molecule has 0 saturated carbocycles. The molecule has 0 aliphatic rings. The molecule has 0 N–H and O–H groups in total. The van der Waals surface area contributed by atoms with Crippen molar-refractivity contribution in [3.8, 4) is 0 Å². The van der Waals surface area contributed by atoms with Crippen molar-refractivity contribution in [1.29, 1.82) is 0 Å². The summed E-state index contributed by atoms with van der Waals surface area (Å²) in [6.07, 6.45) is 10.6. The lowest BCUT2D eigenvalue weighted by atomic mass is 9.95. The van der Waals surface area contributed by atoms with Crippen LogP contribution in [0, 0.1) is 25.7 Å². The lowest BCUT2D eigenvalue weighted by molar-refractivity contribution is 0.403. The number of anilines is 1. The van der Waals surface area contributed by atoms with Crippen LogP contribution in [0.5, 0.6) is 0 Å². The molecule has 1 aromatic rings. The van der Waals surface area contributed by atoms with Crippen LogP contribution < -0.4 is 4.90 Å². The summed E-state index contributed by atoms with van der Waals surface area (Å²) in [7, 11) is 0. The maximum absolute atomic E-state index is 4.59. The molecule has 0 fully saturated rings. The van der Waals surface area contributed by atoms with Crippen molar-refractivity contribution in [3.63, 3.8) is 0 Å². The fourth-order valence-corrected chi connectivity index (χ4v) is 3.74. The van der Waals surface area contributed by atoms with Gasteiger partial charge in [-0.2, -0.15) is 0 Å². The van der Waals surface area contributed by atoms with Gasteiger partial charge in [0, 0.05) is 30.2 Å². The molecule has 144 valence electrons. The Morgan fingerprint density at radius 1 is 0.800 bits per heavy atom. The first-order valence-electron chi connectivity index (χ1n) is 10.7. The minimum Gasteiger partial charge on any atom is -0.371 e. The van der Waals surface area contributed by atoms with Crippen molar-refractivity contribution >= 4 is 5.69 Å². The Labute approximate surface area is 157 Å². The fraction of sp³-hybridized carbons (Fsp3) is 0.783. The fourth-order valence-electron chi connectivity index (χ4n) is 3.74. The molecular formula is C23H42N2. The molecule has 0 spiro atoms. The molecule has 2 unspecified atom stereocenters.